The van der Waals surface area contributed by atoms with Gasteiger partial charge >= 0.3 is 0 Å². The molecule has 1 amide bonds. The van der Waals surface area contributed by atoms with E-state index in [4.69, 9.17) is 0 Å². The van der Waals surface area contributed by atoms with Crippen molar-refractivity contribution in [2.24, 2.45) is 0 Å². The third-order valence-corrected chi connectivity index (χ3v) is 5.50. The normalized spacial score (nSPS) is 17.9. The number of nitrogens with zero attached hydrogens (tertiary/aromatic N) is 2. The summed E-state index contributed by atoms with van der Waals surface area (Å²) >= 11 is 0. The van der Waals surface area contributed by atoms with Gasteiger partial charge in [0.2, 0.25) is 10.0 Å². The Balaban J connectivity index is 2.01. The summed E-state index contributed by atoms with van der Waals surface area (Å²) in [7, 11) is -3.17. The molecule has 1 saturated heterocycles. The molecule has 0 saturated carbocycles. The van der Waals surface area contributed by atoms with Crippen molar-refractivity contribution in [3.05, 3.63) is 24.0 Å². The number of amides is 1. The Morgan fingerprint density at radius 3 is 2.75 bits per heavy atom. The second-order valence-corrected chi connectivity index (χ2v) is 7.03. The molecule has 20 heavy (non-hydrogen) atoms. The number of rotatable bonds is 4. The van der Waals surface area contributed by atoms with E-state index in [0.29, 0.717) is 44.7 Å². The Morgan fingerprint density at radius 1 is 1.30 bits per heavy atom. The summed E-state index contributed by atoms with van der Waals surface area (Å²) in [5, 5.41) is 0. The number of carbonyl (C=O) groups excluding carboxylic acids is 1. The molecule has 0 aromatic carbocycles. The van der Waals surface area contributed by atoms with Crippen molar-refractivity contribution in [3.63, 3.8) is 0 Å². The van der Waals surface area contributed by atoms with Gasteiger partial charge in [-0.1, -0.05) is 6.92 Å². The van der Waals surface area contributed by atoms with Crippen LogP contribution in [-0.2, 0) is 10.0 Å². The second-order valence-electron chi connectivity index (χ2n) is 4.94. The van der Waals surface area contributed by atoms with Crippen LogP contribution in [0.15, 0.2) is 18.3 Å². The van der Waals surface area contributed by atoms with Gasteiger partial charge in [-0.3, -0.25) is 4.79 Å². The molecule has 0 bridgehead atoms. The zero-order chi connectivity index (χ0) is 14.6. The number of sulfonamides is 1. The summed E-state index contributed by atoms with van der Waals surface area (Å²) in [6.07, 6.45) is 3.00. The van der Waals surface area contributed by atoms with Gasteiger partial charge in [-0.2, -0.15) is 0 Å². The predicted molar refractivity (Wildman–Crippen MR) is 77.0 cm³/mol. The molecule has 1 aliphatic heterocycles. The van der Waals surface area contributed by atoms with Gasteiger partial charge in [-0.15, -0.1) is 0 Å². The molecule has 1 N–H and O–H groups in total. The number of hydrogen-bond acceptors (Lipinski definition) is 3. The Labute approximate surface area is 119 Å². The molecule has 0 aliphatic carbocycles. The molecule has 0 spiro atoms. The predicted octanol–water partition coefficient (Wildman–Crippen LogP) is 0.902. The van der Waals surface area contributed by atoms with E-state index in [1.54, 1.807) is 23.2 Å². The van der Waals surface area contributed by atoms with Crippen molar-refractivity contribution in [2.75, 3.05) is 31.9 Å². The summed E-state index contributed by atoms with van der Waals surface area (Å²) in [6.45, 7) is 3.78. The topological polar surface area (TPSA) is 73.5 Å². The fraction of sp³-hybridized carbons (Fsp3) is 0.615. The Bertz CT molecular complexity index is 539. The van der Waals surface area contributed by atoms with Crippen LogP contribution in [0.3, 0.4) is 0 Å². The molecule has 2 heterocycles. The molecular formula is C13H21N3O3S. The first-order valence-electron chi connectivity index (χ1n) is 6.95. The summed E-state index contributed by atoms with van der Waals surface area (Å²) in [5.74, 6) is 0.113. The number of H-pyrrole nitrogens is 1. The van der Waals surface area contributed by atoms with Crippen molar-refractivity contribution >= 4 is 15.9 Å². The van der Waals surface area contributed by atoms with Gasteiger partial charge in [-0.05, 0) is 25.0 Å². The average Bonchev–Trinajstić information content (AvgIpc) is 2.81. The molecule has 1 fully saturated rings. The highest BCUT2D eigenvalue weighted by Gasteiger charge is 2.26. The van der Waals surface area contributed by atoms with Crippen molar-refractivity contribution in [1.82, 2.24) is 14.2 Å². The van der Waals surface area contributed by atoms with Crippen LogP contribution >= 0.6 is 0 Å². The van der Waals surface area contributed by atoms with Gasteiger partial charge < -0.3 is 9.88 Å². The molecule has 1 aromatic heterocycles. The average molecular weight is 299 g/mol. The molecule has 6 nitrogen and oxygen atoms in total. The molecule has 2 rings (SSSR count). The monoisotopic (exact) mass is 299 g/mol. The minimum atomic E-state index is -3.17. The first-order chi connectivity index (χ1) is 9.54. The highest BCUT2D eigenvalue weighted by atomic mass is 32.2. The van der Waals surface area contributed by atoms with Crippen LogP contribution in [-0.4, -0.2) is 60.4 Å². The minimum absolute atomic E-state index is 0.0651. The van der Waals surface area contributed by atoms with Gasteiger partial charge in [0.15, 0.2) is 0 Å². The van der Waals surface area contributed by atoms with E-state index in [1.807, 2.05) is 6.92 Å². The SMILES string of the molecule is CCCS(=O)(=O)N1CCCN(C(=O)c2ccc[nH]2)CC1. The van der Waals surface area contributed by atoms with Crippen molar-refractivity contribution in [2.45, 2.75) is 19.8 Å². The molecule has 112 valence electrons. The second kappa shape index (κ2) is 6.41. The van der Waals surface area contributed by atoms with Gasteiger partial charge in [0.25, 0.3) is 5.91 Å². The standard InChI is InChI=1S/C13H21N3O3S/c1-2-11-20(18,19)16-8-4-7-15(9-10-16)13(17)12-5-3-6-14-12/h3,5-6,14H,2,4,7-11H2,1H3. The lowest BCUT2D eigenvalue weighted by Gasteiger charge is -2.21. The van der Waals surface area contributed by atoms with E-state index in [9.17, 15) is 13.2 Å². The fourth-order valence-electron chi connectivity index (χ4n) is 2.40. The molecule has 0 atom stereocenters. The number of nitrogens with one attached hydrogen (secondary N) is 1. The van der Waals surface area contributed by atoms with Gasteiger partial charge in [0, 0.05) is 32.4 Å². The van der Waals surface area contributed by atoms with E-state index in [2.05, 4.69) is 4.98 Å². The third kappa shape index (κ3) is 3.40. The summed E-state index contributed by atoms with van der Waals surface area (Å²) in [6, 6.07) is 3.52. The zero-order valence-corrected chi connectivity index (χ0v) is 12.5. The molecule has 7 heteroatoms. The van der Waals surface area contributed by atoms with E-state index >= 15 is 0 Å². The van der Waals surface area contributed by atoms with E-state index in [-0.39, 0.29) is 11.7 Å². The first kappa shape index (κ1) is 15.1. The maximum Gasteiger partial charge on any atom is 0.270 e. The Hall–Kier alpha value is -1.34. The minimum Gasteiger partial charge on any atom is -0.357 e. The number of carbonyl (C=O) groups is 1. The van der Waals surface area contributed by atoms with E-state index in [1.165, 1.54) is 4.31 Å². The molecule has 1 aliphatic rings. The lowest BCUT2D eigenvalue weighted by molar-refractivity contribution is 0.0759. The first-order valence-corrected chi connectivity index (χ1v) is 8.56. The van der Waals surface area contributed by atoms with Gasteiger partial charge in [0.05, 0.1) is 5.75 Å². The lowest BCUT2D eigenvalue weighted by atomic mass is 10.3. The number of aromatic nitrogens is 1. The molecule has 0 unspecified atom stereocenters. The Kier molecular flexibility index (Phi) is 4.82. The fourth-order valence-corrected chi connectivity index (χ4v) is 3.94. The zero-order valence-electron chi connectivity index (χ0n) is 11.7. The highest BCUT2D eigenvalue weighted by Crippen LogP contribution is 2.12. The Morgan fingerprint density at radius 2 is 2.10 bits per heavy atom. The van der Waals surface area contributed by atoms with E-state index < -0.39 is 10.0 Å². The quantitative estimate of drug-likeness (QED) is 0.898. The van der Waals surface area contributed by atoms with Crippen LogP contribution in [0.2, 0.25) is 0 Å². The van der Waals surface area contributed by atoms with Crippen LogP contribution in [0.1, 0.15) is 30.3 Å². The van der Waals surface area contributed by atoms with Crippen molar-refractivity contribution in [3.8, 4) is 0 Å². The van der Waals surface area contributed by atoms with Crippen LogP contribution in [0.5, 0.6) is 0 Å². The van der Waals surface area contributed by atoms with Crippen LogP contribution in [0, 0.1) is 0 Å². The van der Waals surface area contributed by atoms with Crippen LogP contribution < -0.4 is 0 Å². The molecule has 0 radical (unpaired) electrons. The largest absolute Gasteiger partial charge is 0.357 e. The summed E-state index contributed by atoms with van der Waals surface area (Å²) in [4.78, 5) is 16.8. The van der Waals surface area contributed by atoms with E-state index in [0.717, 1.165) is 0 Å². The smallest absolute Gasteiger partial charge is 0.270 e. The van der Waals surface area contributed by atoms with Crippen molar-refractivity contribution < 1.29 is 13.2 Å². The number of hydrogen-bond donors (Lipinski definition) is 1. The van der Waals surface area contributed by atoms with Crippen LogP contribution in [0.25, 0.3) is 0 Å². The summed E-state index contributed by atoms with van der Waals surface area (Å²) < 4.78 is 25.6. The molecular weight excluding hydrogens is 278 g/mol. The highest BCUT2D eigenvalue weighted by molar-refractivity contribution is 7.89. The van der Waals surface area contributed by atoms with Gasteiger partial charge in [0.1, 0.15) is 5.69 Å². The lowest BCUT2D eigenvalue weighted by Crippen LogP contribution is -2.38. The number of aromatic amines is 1. The third-order valence-electron chi connectivity index (χ3n) is 3.43. The maximum atomic E-state index is 12.2. The summed E-state index contributed by atoms with van der Waals surface area (Å²) in [5.41, 5.74) is 0.551. The van der Waals surface area contributed by atoms with Crippen molar-refractivity contribution in [1.29, 1.82) is 0 Å². The molecule has 1 aromatic rings. The van der Waals surface area contributed by atoms with Crippen LogP contribution in [0.4, 0.5) is 0 Å². The maximum absolute atomic E-state index is 12.2. The van der Waals surface area contributed by atoms with Gasteiger partial charge in [-0.25, -0.2) is 12.7 Å².